The molecule has 0 fully saturated rings. The highest BCUT2D eigenvalue weighted by molar-refractivity contribution is 7.98. The third kappa shape index (κ3) is 5.98. The normalized spacial score (nSPS) is 11.0. The number of sulfonamides is 1. The summed E-state index contributed by atoms with van der Waals surface area (Å²) in [5, 5.41) is 2.65. The molecule has 3 aromatic rings. The fraction of sp³-hybridized carbons (Fsp3) is 0.200. The Hall–Kier alpha value is -3.30. The van der Waals surface area contributed by atoms with E-state index in [2.05, 4.69) is 5.32 Å². The monoisotopic (exact) mass is 498 g/mol. The van der Waals surface area contributed by atoms with Crippen LogP contribution in [-0.4, -0.2) is 39.7 Å². The van der Waals surface area contributed by atoms with Gasteiger partial charge >= 0.3 is 5.97 Å². The third-order valence-corrected chi connectivity index (χ3v) is 7.48. The van der Waals surface area contributed by atoms with Crippen LogP contribution in [0.4, 0.5) is 11.4 Å². The van der Waals surface area contributed by atoms with Crippen molar-refractivity contribution in [3.8, 4) is 0 Å². The minimum absolute atomic E-state index is 0.0746. The molecule has 3 rings (SSSR count). The number of amides is 1. The number of nitrogens with one attached hydrogen (secondary N) is 1. The molecule has 0 spiro atoms. The number of ether oxygens (including phenoxy) is 1. The molecule has 1 N–H and O–H groups in total. The van der Waals surface area contributed by atoms with Crippen LogP contribution < -0.4 is 9.62 Å². The van der Waals surface area contributed by atoms with Gasteiger partial charge in [0.05, 0.1) is 28.4 Å². The summed E-state index contributed by atoms with van der Waals surface area (Å²) in [6.45, 7) is 3.29. The van der Waals surface area contributed by atoms with Crippen LogP contribution in [0.3, 0.4) is 0 Å². The van der Waals surface area contributed by atoms with E-state index in [1.165, 1.54) is 30.0 Å². The molecule has 0 aliphatic rings. The molecule has 0 saturated heterocycles. The Morgan fingerprint density at radius 1 is 0.971 bits per heavy atom. The van der Waals surface area contributed by atoms with Crippen molar-refractivity contribution < 1.29 is 22.7 Å². The van der Waals surface area contributed by atoms with Gasteiger partial charge in [0.1, 0.15) is 6.54 Å². The molecule has 0 heterocycles. The van der Waals surface area contributed by atoms with Crippen LogP contribution in [0, 0.1) is 6.92 Å². The van der Waals surface area contributed by atoms with Crippen molar-refractivity contribution in [2.75, 3.05) is 29.0 Å². The molecule has 3 aromatic carbocycles. The van der Waals surface area contributed by atoms with Crippen molar-refractivity contribution >= 4 is 45.0 Å². The second kappa shape index (κ2) is 11.2. The molecule has 0 aliphatic carbocycles. The lowest BCUT2D eigenvalue weighted by Crippen LogP contribution is -2.38. The summed E-state index contributed by atoms with van der Waals surface area (Å²) >= 11 is 1.50. The number of benzene rings is 3. The van der Waals surface area contributed by atoms with Crippen LogP contribution in [0.1, 0.15) is 22.8 Å². The van der Waals surface area contributed by atoms with Gasteiger partial charge in [0.15, 0.2) is 0 Å². The molecule has 7 nitrogen and oxygen atoms in total. The molecule has 0 aromatic heterocycles. The van der Waals surface area contributed by atoms with Gasteiger partial charge in [-0.15, -0.1) is 11.8 Å². The quantitative estimate of drug-likeness (QED) is 0.339. The van der Waals surface area contributed by atoms with Crippen molar-refractivity contribution in [1.82, 2.24) is 0 Å². The molecular formula is C25H26N2O5S2. The fourth-order valence-electron chi connectivity index (χ4n) is 3.20. The number of aryl methyl sites for hydroxylation is 1. The fourth-order valence-corrected chi connectivity index (χ4v) is 5.03. The van der Waals surface area contributed by atoms with Crippen LogP contribution >= 0.6 is 11.8 Å². The van der Waals surface area contributed by atoms with Crippen LogP contribution in [0.15, 0.2) is 82.6 Å². The molecule has 1 amide bonds. The van der Waals surface area contributed by atoms with Crippen molar-refractivity contribution in [2.24, 2.45) is 0 Å². The molecule has 0 aliphatic heterocycles. The maximum Gasteiger partial charge on any atom is 0.340 e. The lowest BCUT2D eigenvalue weighted by molar-refractivity contribution is -0.114. The van der Waals surface area contributed by atoms with Crippen molar-refractivity contribution in [3.05, 3.63) is 83.9 Å². The zero-order valence-electron chi connectivity index (χ0n) is 19.1. The summed E-state index contributed by atoms with van der Waals surface area (Å²) in [6.07, 6.45) is 1.90. The first-order chi connectivity index (χ1) is 16.3. The third-order valence-electron chi connectivity index (χ3n) is 4.95. The van der Waals surface area contributed by atoms with E-state index in [1.54, 1.807) is 61.5 Å². The van der Waals surface area contributed by atoms with Gasteiger partial charge in [-0.3, -0.25) is 9.10 Å². The van der Waals surface area contributed by atoms with Gasteiger partial charge < -0.3 is 10.1 Å². The number of anilines is 2. The van der Waals surface area contributed by atoms with E-state index in [-0.39, 0.29) is 22.8 Å². The highest BCUT2D eigenvalue weighted by atomic mass is 32.2. The first-order valence-corrected chi connectivity index (χ1v) is 13.2. The van der Waals surface area contributed by atoms with Gasteiger partial charge in [-0.2, -0.15) is 0 Å². The molecule has 9 heteroatoms. The number of carbonyl (C=O) groups is 2. The number of thioether (sulfide) groups is 1. The summed E-state index contributed by atoms with van der Waals surface area (Å²) in [6, 6.07) is 19.8. The van der Waals surface area contributed by atoms with Crippen molar-refractivity contribution in [2.45, 2.75) is 23.6 Å². The summed E-state index contributed by atoms with van der Waals surface area (Å²) in [4.78, 5) is 26.2. The summed E-state index contributed by atoms with van der Waals surface area (Å²) in [7, 11) is -4.04. The Morgan fingerprint density at radius 2 is 1.62 bits per heavy atom. The van der Waals surface area contributed by atoms with Crippen LogP contribution in [0.2, 0.25) is 0 Å². The average Bonchev–Trinajstić information content (AvgIpc) is 2.83. The number of nitrogens with zero attached hydrogens (tertiary/aromatic N) is 1. The molecule has 0 unspecified atom stereocenters. The van der Waals surface area contributed by atoms with Crippen LogP contribution in [-0.2, 0) is 19.6 Å². The molecule has 0 atom stereocenters. The topological polar surface area (TPSA) is 92.8 Å². The number of esters is 1. The second-order valence-electron chi connectivity index (χ2n) is 7.34. The molecule has 34 heavy (non-hydrogen) atoms. The molecule has 0 bridgehead atoms. The van der Waals surface area contributed by atoms with E-state index in [0.717, 1.165) is 14.8 Å². The van der Waals surface area contributed by atoms with Crippen molar-refractivity contribution in [3.63, 3.8) is 0 Å². The first-order valence-electron chi connectivity index (χ1n) is 10.6. The van der Waals surface area contributed by atoms with E-state index in [9.17, 15) is 18.0 Å². The van der Waals surface area contributed by atoms with E-state index in [4.69, 9.17) is 4.74 Å². The maximum atomic E-state index is 13.5. The first kappa shape index (κ1) is 25.3. The predicted molar refractivity (Wildman–Crippen MR) is 135 cm³/mol. The lowest BCUT2D eigenvalue weighted by atomic mass is 10.2. The number of rotatable bonds is 9. The molecule has 0 saturated carbocycles. The van der Waals surface area contributed by atoms with Crippen LogP contribution in [0.5, 0.6) is 0 Å². The van der Waals surface area contributed by atoms with E-state index in [1.807, 2.05) is 13.2 Å². The number of hydrogen-bond donors (Lipinski definition) is 1. The Labute approximate surface area is 204 Å². The summed E-state index contributed by atoms with van der Waals surface area (Å²) < 4.78 is 33.2. The van der Waals surface area contributed by atoms with Gasteiger partial charge in [-0.05, 0) is 68.6 Å². The second-order valence-corrected chi connectivity index (χ2v) is 10.1. The minimum Gasteiger partial charge on any atom is -0.462 e. The summed E-state index contributed by atoms with van der Waals surface area (Å²) in [5.74, 6) is -1.17. The Balaban J connectivity index is 1.93. The van der Waals surface area contributed by atoms with Gasteiger partial charge in [0, 0.05) is 4.90 Å². The number of carbonyl (C=O) groups excluding carboxylic acids is 2. The number of hydrogen-bond acceptors (Lipinski definition) is 6. The van der Waals surface area contributed by atoms with E-state index < -0.39 is 28.4 Å². The highest BCUT2D eigenvalue weighted by Crippen LogP contribution is 2.26. The zero-order valence-corrected chi connectivity index (χ0v) is 20.8. The van der Waals surface area contributed by atoms with Crippen molar-refractivity contribution in [1.29, 1.82) is 0 Å². The zero-order chi connectivity index (χ0) is 24.7. The SMILES string of the molecule is CCOC(=O)c1ccccc1NC(=O)CN(c1ccc(C)cc1)S(=O)(=O)c1ccc(SC)cc1. The standard InChI is InChI=1S/C25H26N2O5S2/c1-4-32-25(29)22-7-5-6-8-23(22)26-24(28)17-27(19-11-9-18(2)10-12-19)34(30,31)21-15-13-20(33-3)14-16-21/h5-16H,4,17H2,1-3H3,(H,26,28). The van der Waals surface area contributed by atoms with Crippen LogP contribution in [0.25, 0.3) is 0 Å². The largest absolute Gasteiger partial charge is 0.462 e. The van der Waals surface area contributed by atoms with E-state index >= 15 is 0 Å². The molecular weight excluding hydrogens is 472 g/mol. The Bertz CT molecular complexity index is 1260. The number of para-hydroxylation sites is 1. The van der Waals surface area contributed by atoms with Gasteiger partial charge in [-0.25, -0.2) is 13.2 Å². The van der Waals surface area contributed by atoms with Gasteiger partial charge in [0.25, 0.3) is 10.0 Å². The molecule has 0 radical (unpaired) electrons. The molecule has 178 valence electrons. The van der Waals surface area contributed by atoms with Gasteiger partial charge in [-0.1, -0.05) is 29.8 Å². The van der Waals surface area contributed by atoms with E-state index in [0.29, 0.717) is 5.69 Å². The smallest absolute Gasteiger partial charge is 0.340 e. The van der Waals surface area contributed by atoms with Gasteiger partial charge in [0.2, 0.25) is 5.91 Å². The summed E-state index contributed by atoms with van der Waals surface area (Å²) in [5.41, 5.74) is 1.75. The minimum atomic E-state index is -4.04. The Kier molecular flexibility index (Phi) is 8.36. The Morgan fingerprint density at radius 3 is 2.24 bits per heavy atom. The predicted octanol–water partition coefficient (Wildman–Crippen LogP) is 4.73. The average molecular weight is 499 g/mol. The lowest BCUT2D eigenvalue weighted by Gasteiger charge is -2.24. The highest BCUT2D eigenvalue weighted by Gasteiger charge is 2.28. The maximum absolute atomic E-state index is 13.5.